The number of amides is 1. The van der Waals surface area contributed by atoms with E-state index in [4.69, 9.17) is 0 Å². The molecule has 2 aliphatic rings. The maximum absolute atomic E-state index is 12.8. The van der Waals surface area contributed by atoms with E-state index in [9.17, 15) is 4.79 Å². The molecule has 5 rings (SSSR count). The largest absolute Gasteiger partial charge is 0.371 e. The predicted molar refractivity (Wildman–Crippen MR) is 126 cm³/mol. The van der Waals surface area contributed by atoms with E-state index in [1.54, 1.807) is 0 Å². The van der Waals surface area contributed by atoms with E-state index >= 15 is 0 Å². The van der Waals surface area contributed by atoms with Crippen molar-refractivity contribution in [2.75, 3.05) is 31.1 Å². The molecule has 1 fully saturated rings. The molecule has 0 saturated carbocycles. The van der Waals surface area contributed by atoms with Crippen LogP contribution in [-0.4, -0.2) is 37.0 Å². The normalized spacial score (nSPS) is 18.2. The SMILES string of the molecule is O=C(CN1Cc2ccccc2-c2ccccc2C1)NCC1CCN(c2ccccc2)C1. The zero-order valence-electron chi connectivity index (χ0n) is 17.8. The van der Waals surface area contributed by atoms with Gasteiger partial charge in [-0.05, 0) is 46.7 Å². The fraction of sp³-hybridized carbons (Fsp3) is 0.296. The summed E-state index contributed by atoms with van der Waals surface area (Å²) in [5, 5.41) is 3.20. The highest BCUT2D eigenvalue weighted by Gasteiger charge is 2.24. The zero-order chi connectivity index (χ0) is 21.0. The maximum Gasteiger partial charge on any atom is 0.234 e. The lowest BCUT2D eigenvalue weighted by Crippen LogP contribution is -2.38. The molecule has 0 spiro atoms. The summed E-state index contributed by atoms with van der Waals surface area (Å²) in [6.07, 6.45) is 1.12. The quantitative estimate of drug-likeness (QED) is 0.680. The number of nitrogens with one attached hydrogen (secondary N) is 1. The summed E-state index contributed by atoms with van der Waals surface area (Å²) < 4.78 is 0. The van der Waals surface area contributed by atoms with E-state index in [2.05, 4.69) is 94.0 Å². The van der Waals surface area contributed by atoms with Crippen LogP contribution in [-0.2, 0) is 17.9 Å². The van der Waals surface area contributed by atoms with Crippen molar-refractivity contribution in [1.29, 1.82) is 0 Å². The fourth-order valence-corrected chi connectivity index (χ4v) is 4.88. The summed E-state index contributed by atoms with van der Waals surface area (Å²) in [4.78, 5) is 17.5. The van der Waals surface area contributed by atoms with Crippen LogP contribution in [0.1, 0.15) is 17.5 Å². The van der Waals surface area contributed by atoms with Gasteiger partial charge in [0.2, 0.25) is 5.91 Å². The van der Waals surface area contributed by atoms with Crippen LogP contribution in [0.5, 0.6) is 0 Å². The molecule has 4 heteroatoms. The molecule has 0 bridgehead atoms. The summed E-state index contributed by atoms with van der Waals surface area (Å²) in [6.45, 7) is 4.84. The van der Waals surface area contributed by atoms with Crippen LogP contribution in [0, 0.1) is 5.92 Å². The van der Waals surface area contributed by atoms with Crippen LogP contribution in [0.3, 0.4) is 0 Å². The van der Waals surface area contributed by atoms with Gasteiger partial charge in [0.15, 0.2) is 0 Å². The first-order valence-electron chi connectivity index (χ1n) is 11.2. The molecule has 4 nitrogen and oxygen atoms in total. The van der Waals surface area contributed by atoms with Gasteiger partial charge < -0.3 is 10.2 Å². The van der Waals surface area contributed by atoms with E-state index in [0.717, 1.165) is 39.1 Å². The number of para-hydroxylation sites is 1. The lowest BCUT2D eigenvalue weighted by Gasteiger charge is -2.21. The minimum Gasteiger partial charge on any atom is -0.371 e. The summed E-state index contributed by atoms with van der Waals surface area (Å²) in [7, 11) is 0. The summed E-state index contributed by atoms with van der Waals surface area (Å²) in [5.74, 6) is 0.629. The molecule has 2 aliphatic heterocycles. The van der Waals surface area contributed by atoms with Gasteiger partial charge in [-0.2, -0.15) is 0 Å². The molecule has 0 aliphatic carbocycles. The molecule has 3 aromatic carbocycles. The Morgan fingerprint density at radius 3 is 2.13 bits per heavy atom. The van der Waals surface area contributed by atoms with Crippen molar-refractivity contribution in [3.05, 3.63) is 90.0 Å². The first-order chi connectivity index (χ1) is 15.3. The van der Waals surface area contributed by atoms with E-state index in [0.29, 0.717) is 12.5 Å². The van der Waals surface area contributed by atoms with Gasteiger partial charge >= 0.3 is 0 Å². The second-order valence-corrected chi connectivity index (χ2v) is 8.70. The van der Waals surface area contributed by atoms with Gasteiger partial charge in [-0.15, -0.1) is 0 Å². The van der Waals surface area contributed by atoms with Gasteiger partial charge in [-0.3, -0.25) is 9.69 Å². The summed E-state index contributed by atoms with van der Waals surface area (Å²) in [5.41, 5.74) is 6.42. The second kappa shape index (κ2) is 8.94. The standard InChI is InChI=1S/C27H29N3O/c31-27(28-16-21-14-15-30(17-21)24-10-2-1-3-11-24)20-29-18-22-8-4-6-12-25(22)26-13-7-5-9-23(26)19-29/h1-13,21H,14-20H2,(H,28,31). The lowest BCUT2D eigenvalue weighted by atomic mass is 9.97. The molecule has 3 aromatic rings. The maximum atomic E-state index is 12.8. The van der Waals surface area contributed by atoms with Crippen molar-refractivity contribution in [3.8, 4) is 11.1 Å². The second-order valence-electron chi connectivity index (χ2n) is 8.70. The summed E-state index contributed by atoms with van der Waals surface area (Å²) >= 11 is 0. The molecule has 1 atom stereocenters. The molecule has 1 unspecified atom stereocenters. The molecule has 0 aromatic heterocycles. The van der Waals surface area contributed by atoms with Gasteiger partial charge in [-0.1, -0.05) is 66.7 Å². The van der Waals surface area contributed by atoms with Crippen molar-refractivity contribution in [2.45, 2.75) is 19.5 Å². The lowest BCUT2D eigenvalue weighted by molar-refractivity contribution is -0.122. The van der Waals surface area contributed by atoms with Crippen molar-refractivity contribution in [1.82, 2.24) is 10.2 Å². The predicted octanol–water partition coefficient (Wildman–Crippen LogP) is 4.31. The first kappa shape index (κ1) is 19.8. The fourth-order valence-electron chi connectivity index (χ4n) is 4.88. The van der Waals surface area contributed by atoms with Crippen molar-refractivity contribution >= 4 is 11.6 Å². The first-order valence-corrected chi connectivity index (χ1v) is 11.2. The Balaban J connectivity index is 1.19. The van der Waals surface area contributed by atoms with Gasteiger partial charge in [0.1, 0.15) is 0 Å². The van der Waals surface area contributed by atoms with Crippen LogP contribution in [0.15, 0.2) is 78.9 Å². The van der Waals surface area contributed by atoms with E-state index < -0.39 is 0 Å². The van der Waals surface area contributed by atoms with Crippen LogP contribution < -0.4 is 10.2 Å². The van der Waals surface area contributed by atoms with Crippen LogP contribution in [0.2, 0.25) is 0 Å². The molecule has 1 amide bonds. The van der Waals surface area contributed by atoms with Gasteiger partial charge in [0, 0.05) is 38.4 Å². The average Bonchev–Trinajstić information content (AvgIpc) is 3.22. The Morgan fingerprint density at radius 1 is 0.839 bits per heavy atom. The van der Waals surface area contributed by atoms with Gasteiger partial charge in [0.25, 0.3) is 0 Å². The number of hydrogen-bond donors (Lipinski definition) is 1. The molecule has 2 heterocycles. The molecule has 31 heavy (non-hydrogen) atoms. The Bertz CT molecular complexity index is 1000. The Labute approximate surface area is 184 Å². The topological polar surface area (TPSA) is 35.6 Å². The highest BCUT2D eigenvalue weighted by atomic mass is 16.2. The highest BCUT2D eigenvalue weighted by Crippen LogP contribution is 2.32. The number of nitrogens with zero attached hydrogens (tertiary/aromatic N) is 2. The molecular weight excluding hydrogens is 382 g/mol. The van der Waals surface area contributed by atoms with E-state index in [1.165, 1.54) is 27.9 Å². The minimum absolute atomic E-state index is 0.120. The van der Waals surface area contributed by atoms with Crippen molar-refractivity contribution < 1.29 is 4.79 Å². The van der Waals surface area contributed by atoms with Crippen molar-refractivity contribution in [3.63, 3.8) is 0 Å². The summed E-state index contributed by atoms with van der Waals surface area (Å²) in [6, 6.07) is 27.7. The number of fused-ring (bicyclic) bond motifs is 3. The number of rotatable bonds is 5. The molecular formula is C27H29N3O. The Morgan fingerprint density at radius 2 is 1.45 bits per heavy atom. The minimum atomic E-state index is 0.120. The number of benzene rings is 3. The van der Waals surface area contributed by atoms with Gasteiger partial charge in [0.05, 0.1) is 6.54 Å². The van der Waals surface area contributed by atoms with Crippen molar-refractivity contribution in [2.24, 2.45) is 5.92 Å². The zero-order valence-corrected chi connectivity index (χ0v) is 17.8. The average molecular weight is 412 g/mol. The Hall–Kier alpha value is -3.11. The molecule has 1 saturated heterocycles. The molecule has 158 valence electrons. The third-order valence-corrected chi connectivity index (χ3v) is 6.48. The number of anilines is 1. The Kier molecular flexibility index (Phi) is 5.72. The highest BCUT2D eigenvalue weighted by molar-refractivity contribution is 5.78. The van der Waals surface area contributed by atoms with Gasteiger partial charge in [-0.25, -0.2) is 0 Å². The third-order valence-electron chi connectivity index (χ3n) is 6.48. The van der Waals surface area contributed by atoms with E-state index in [-0.39, 0.29) is 5.91 Å². The van der Waals surface area contributed by atoms with Crippen LogP contribution in [0.4, 0.5) is 5.69 Å². The molecule has 0 radical (unpaired) electrons. The van der Waals surface area contributed by atoms with Crippen LogP contribution in [0.25, 0.3) is 11.1 Å². The monoisotopic (exact) mass is 411 g/mol. The molecule has 1 N–H and O–H groups in total. The van der Waals surface area contributed by atoms with E-state index in [1.807, 2.05) is 0 Å². The number of carbonyl (C=O) groups excluding carboxylic acids is 1. The number of carbonyl (C=O) groups is 1. The third kappa shape index (κ3) is 4.49. The number of hydrogen-bond acceptors (Lipinski definition) is 3. The van der Waals surface area contributed by atoms with Crippen LogP contribution >= 0.6 is 0 Å². The smallest absolute Gasteiger partial charge is 0.234 e.